The number of nitrogens with zero attached hydrogens (tertiary/aromatic N) is 3. The first-order valence-corrected chi connectivity index (χ1v) is 10.4. The van der Waals surface area contributed by atoms with Crippen LogP contribution >= 0.6 is 0 Å². The molecule has 1 saturated heterocycles. The zero-order valence-electron chi connectivity index (χ0n) is 18.2. The van der Waals surface area contributed by atoms with Crippen molar-refractivity contribution in [3.63, 3.8) is 0 Å². The molecule has 2 aliphatic rings. The molecule has 0 aromatic heterocycles. The maximum absolute atomic E-state index is 13.5. The van der Waals surface area contributed by atoms with E-state index >= 15 is 0 Å². The minimum atomic E-state index is -4.50. The van der Waals surface area contributed by atoms with Crippen molar-refractivity contribution in [3.8, 4) is 0 Å². The lowest BCUT2D eigenvalue weighted by molar-refractivity contribution is -0.137. The fraction of sp³-hybridized carbons (Fsp3) is 0.333. The molecule has 8 heteroatoms. The monoisotopic (exact) mass is 443 g/mol. The number of imide groups is 1. The molecule has 2 aliphatic heterocycles. The van der Waals surface area contributed by atoms with E-state index in [-0.39, 0.29) is 5.69 Å². The van der Waals surface area contributed by atoms with E-state index in [2.05, 4.69) is 4.90 Å². The molecule has 2 amide bonds. The average molecular weight is 443 g/mol. The van der Waals surface area contributed by atoms with Gasteiger partial charge < -0.3 is 9.80 Å². The van der Waals surface area contributed by atoms with E-state index in [0.717, 1.165) is 41.2 Å². The number of likely N-dealkylation sites (N-methyl/N-ethyl adjacent to an activating group) is 1. The Hall–Kier alpha value is -3.13. The first-order valence-electron chi connectivity index (χ1n) is 10.4. The fourth-order valence-electron chi connectivity index (χ4n) is 4.21. The van der Waals surface area contributed by atoms with Gasteiger partial charge >= 0.3 is 6.18 Å². The summed E-state index contributed by atoms with van der Waals surface area (Å²) in [6.07, 6.45) is -4.50. The maximum Gasteiger partial charge on any atom is 0.416 e. The second-order valence-corrected chi connectivity index (χ2v) is 8.32. The number of aryl methyl sites for hydroxylation is 2. The van der Waals surface area contributed by atoms with Gasteiger partial charge in [-0.25, -0.2) is 4.90 Å². The number of benzene rings is 2. The van der Waals surface area contributed by atoms with Gasteiger partial charge in [0, 0.05) is 26.2 Å². The van der Waals surface area contributed by atoms with Gasteiger partial charge in [0.15, 0.2) is 0 Å². The van der Waals surface area contributed by atoms with Gasteiger partial charge in [0.25, 0.3) is 11.8 Å². The summed E-state index contributed by atoms with van der Waals surface area (Å²) in [4.78, 5) is 32.1. The predicted molar refractivity (Wildman–Crippen MR) is 116 cm³/mol. The quantitative estimate of drug-likeness (QED) is 0.676. The van der Waals surface area contributed by atoms with Crippen molar-refractivity contribution in [1.29, 1.82) is 0 Å². The Morgan fingerprint density at radius 3 is 2.03 bits per heavy atom. The van der Waals surface area contributed by atoms with Gasteiger partial charge in [0.1, 0.15) is 5.70 Å². The van der Waals surface area contributed by atoms with Gasteiger partial charge in [0.05, 0.1) is 16.8 Å². The van der Waals surface area contributed by atoms with Gasteiger partial charge in [-0.05, 0) is 56.3 Å². The summed E-state index contributed by atoms with van der Waals surface area (Å²) in [7, 11) is 1.99. The van der Waals surface area contributed by atoms with E-state index in [4.69, 9.17) is 0 Å². The number of halogens is 3. The Bertz CT molecular complexity index is 1100. The molecule has 0 atom stereocenters. The van der Waals surface area contributed by atoms with Crippen LogP contribution in [0, 0.1) is 13.8 Å². The molecule has 168 valence electrons. The van der Waals surface area contributed by atoms with Crippen molar-refractivity contribution in [2.45, 2.75) is 20.0 Å². The first-order chi connectivity index (χ1) is 15.1. The van der Waals surface area contributed by atoms with Gasteiger partial charge in [-0.3, -0.25) is 9.59 Å². The largest absolute Gasteiger partial charge is 0.416 e. The number of alkyl halides is 3. The molecular weight excluding hydrogens is 419 g/mol. The Labute approximate surface area is 184 Å². The molecule has 0 N–H and O–H groups in total. The second kappa shape index (κ2) is 8.09. The van der Waals surface area contributed by atoms with Gasteiger partial charge in [0.2, 0.25) is 0 Å². The highest BCUT2D eigenvalue weighted by molar-refractivity contribution is 6.45. The van der Waals surface area contributed by atoms with E-state index < -0.39 is 23.6 Å². The number of piperazine rings is 1. The number of carbonyl (C=O) groups is 2. The number of hydrogen-bond acceptors (Lipinski definition) is 4. The van der Waals surface area contributed by atoms with Crippen molar-refractivity contribution < 1.29 is 22.8 Å². The van der Waals surface area contributed by atoms with Crippen LogP contribution in [0.15, 0.2) is 48.2 Å². The molecule has 32 heavy (non-hydrogen) atoms. The van der Waals surface area contributed by atoms with Crippen molar-refractivity contribution in [1.82, 2.24) is 9.80 Å². The molecule has 0 saturated carbocycles. The molecular formula is C24H24F3N3O2. The van der Waals surface area contributed by atoms with Crippen LogP contribution in [-0.4, -0.2) is 54.8 Å². The normalized spacial score (nSPS) is 18.2. The number of rotatable bonds is 3. The van der Waals surface area contributed by atoms with Crippen LogP contribution in [0.1, 0.15) is 22.3 Å². The summed E-state index contributed by atoms with van der Waals surface area (Å²) in [6.45, 7) is 6.48. The topological polar surface area (TPSA) is 43.9 Å². The zero-order chi connectivity index (χ0) is 23.2. The van der Waals surface area contributed by atoms with E-state index in [0.29, 0.717) is 29.9 Å². The smallest absolute Gasteiger partial charge is 0.364 e. The predicted octanol–water partition coefficient (Wildman–Crippen LogP) is 3.85. The summed E-state index contributed by atoms with van der Waals surface area (Å²) in [5, 5.41) is 0. The highest BCUT2D eigenvalue weighted by Crippen LogP contribution is 2.37. The summed E-state index contributed by atoms with van der Waals surface area (Å²) in [6, 6.07) is 9.78. The number of hydrogen-bond donors (Lipinski definition) is 0. The third-order valence-electron chi connectivity index (χ3n) is 5.98. The second-order valence-electron chi connectivity index (χ2n) is 8.32. The van der Waals surface area contributed by atoms with Crippen LogP contribution in [0.4, 0.5) is 18.9 Å². The van der Waals surface area contributed by atoms with Crippen LogP contribution in [0.25, 0.3) is 5.57 Å². The Kier molecular flexibility index (Phi) is 5.58. The van der Waals surface area contributed by atoms with Crippen LogP contribution < -0.4 is 4.90 Å². The molecule has 0 spiro atoms. The highest BCUT2D eigenvalue weighted by atomic mass is 19.4. The third-order valence-corrected chi connectivity index (χ3v) is 5.98. The summed E-state index contributed by atoms with van der Waals surface area (Å²) >= 11 is 0. The first kappa shape index (κ1) is 22.1. The zero-order valence-corrected chi connectivity index (χ0v) is 18.2. The highest BCUT2D eigenvalue weighted by Gasteiger charge is 2.43. The van der Waals surface area contributed by atoms with Crippen molar-refractivity contribution in [2.75, 3.05) is 38.1 Å². The lowest BCUT2D eigenvalue weighted by Gasteiger charge is -2.34. The fourth-order valence-corrected chi connectivity index (χ4v) is 4.21. The Morgan fingerprint density at radius 1 is 0.844 bits per heavy atom. The summed E-state index contributed by atoms with van der Waals surface area (Å²) in [5.74, 6) is -1.02. The maximum atomic E-state index is 13.5. The standard InChI is InChI=1S/C24H24F3N3O2/c1-15-4-9-19(16(2)14-15)20-21(29-12-10-28(3)11-13-29)23(32)30(22(20)31)18-7-5-17(6-8-18)24(25,26)27/h4-9,14H,10-13H2,1-3H3. The van der Waals surface area contributed by atoms with Gasteiger partial charge in [-0.2, -0.15) is 13.2 Å². The number of carbonyl (C=O) groups excluding carboxylic acids is 2. The molecule has 2 heterocycles. The molecule has 4 rings (SSSR count). The number of anilines is 1. The van der Waals surface area contributed by atoms with Crippen LogP contribution in [0.5, 0.6) is 0 Å². The molecule has 0 unspecified atom stereocenters. The molecule has 2 aromatic rings. The molecule has 1 fully saturated rings. The minimum absolute atomic E-state index is 0.124. The van der Waals surface area contributed by atoms with Crippen molar-refractivity contribution in [3.05, 3.63) is 70.4 Å². The van der Waals surface area contributed by atoms with E-state index in [1.54, 1.807) is 0 Å². The van der Waals surface area contributed by atoms with Crippen LogP contribution in [0.3, 0.4) is 0 Å². The van der Waals surface area contributed by atoms with E-state index in [1.807, 2.05) is 44.0 Å². The van der Waals surface area contributed by atoms with Crippen LogP contribution in [-0.2, 0) is 15.8 Å². The SMILES string of the molecule is Cc1ccc(C2=C(N3CCN(C)CC3)C(=O)N(c3ccc(C(F)(F)F)cc3)C2=O)c(C)c1. The lowest BCUT2D eigenvalue weighted by atomic mass is 9.97. The van der Waals surface area contributed by atoms with E-state index in [9.17, 15) is 22.8 Å². The minimum Gasteiger partial charge on any atom is -0.364 e. The Balaban J connectivity index is 1.79. The Morgan fingerprint density at radius 2 is 1.47 bits per heavy atom. The molecule has 0 bridgehead atoms. The van der Waals surface area contributed by atoms with Gasteiger partial charge in [-0.15, -0.1) is 0 Å². The summed E-state index contributed by atoms with van der Waals surface area (Å²) < 4.78 is 38.9. The average Bonchev–Trinajstić information content (AvgIpc) is 2.98. The van der Waals surface area contributed by atoms with Gasteiger partial charge in [-0.1, -0.05) is 23.8 Å². The van der Waals surface area contributed by atoms with Crippen molar-refractivity contribution in [2.24, 2.45) is 0 Å². The van der Waals surface area contributed by atoms with Crippen LogP contribution in [0.2, 0.25) is 0 Å². The molecule has 0 radical (unpaired) electrons. The summed E-state index contributed by atoms with van der Waals surface area (Å²) in [5.41, 5.74) is 2.47. The molecule has 0 aliphatic carbocycles. The lowest BCUT2D eigenvalue weighted by Crippen LogP contribution is -2.46. The third kappa shape index (κ3) is 3.90. The molecule has 5 nitrogen and oxygen atoms in total. The molecule has 2 aromatic carbocycles. The van der Waals surface area contributed by atoms with Crippen molar-refractivity contribution >= 4 is 23.1 Å². The number of amides is 2. The van der Waals surface area contributed by atoms with E-state index in [1.165, 1.54) is 12.1 Å².